The second kappa shape index (κ2) is 2.61. The first kappa shape index (κ1) is 6.78. The van der Waals surface area contributed by atoms with Crippen LogP contribution < -0.4 is 16.2 Å². The molecule has 0 bridgehead atoms. The summed E-state index contributed by atoms with van der Waals surface area (Å²) >= 11 is 0. The molecule has 0 saturated heterocycles. The Morgan fingerprint density at radius 3 is 3.25 bits per heavy atom. The fourth-order valence-electron chi connectivity index (χ4n) is 0.957. The lowest BCUT2D eigenvalue weighted by Crippen LogP contribution is -2.23. The molecule has 1 aromatic heterocycles. The molecule has 1 aliphatic heterocycles. The third-order valence-corrected chi connectivity index (χ3v) is 1.52. The van der Waals surface area contributed by atoms with Gasteiger partial charge >= 0.3 is 0 Å². The van der Waals surface area contributed by atoms with Crippen molar-refractivity contribution in [3.05, 3.63) is 29.5 Å². The maximum absolute atomic E-state index is 7.55. The molecule has 60 valence electrons. The van der Waals surface area contributed by atoms with Crippen molar-refractivity contribution >= 4 is 11.8 Å². The molecular formula is C7H7N5. The average Bonchev–Trinajstić information content (AvgIpc) is 2.29. The van der Waals surface area contributed by atoms with Crippen LogP contribution in [0.15, 0.2) is 18.5 Å². The normalized spacial score (nSPS) is 12.7. The van der Waals surface area contributed by atoms with Gasteiger partial charge in [-0.3, -0.25) is 10.8 Å². The Hall–Kier alpha value is -1.91. The van der Waals surface area contributed by atoms with E-state index in [1.807, 2.05) is 0 Å². The minimum absolute atomic E-state index is 0.367. The molecule has 0 radical (unpaired) electrons. The molecule has 12 heavy (non-hydrogen) atoms. The van der Waals surface area contributed by atoms with Crippen molar-refractivity contribution in [3.63, 3.8) is 0 Å². The van der Waals surface area contributed by atoms with Crippen LogP contribution in [0.25, 0.3) is 6.08 Å². The van der Waals surface area contributed by atoms with E-state index < -0.39 is 0 Å². The van der Waals surface area contributed by atoms with Gasteiger partial charge in [0.05, 0.1) is 11.6 Å². The lowest BCUT2D eigenvalue weighted by atomic mass is 10.3. The first-order valence-corrected chi connectivity index (χ1v) is 3.46. The molecule has 5 heteroatoms. The highest BCUT2D eigenvalue weighted by Crippen LogP contribution is 2.08. The number of fused-ring (bicyclic) bond motifs is 1. The number of rotatable bonds is 0. The lowest BCUT2D eigenvalue weighted by molar-refractivity contribution is 0.991. The van der Waals surface area contributed by atoms with Crippen LogP contribution in [-0.2, 0) is 0 Å². The molecule has 0 aliphatic carbocycles. The molecule has 2 heterocycles. The Morgan fingerprint density at radius 1 is 1.42 bits per heavy atom. The zero-order valence-corrected chi connectivity index (χ0v) is 6.20. The molecule has 0 fully saturated rings. The second-order valence-corrected chi connectivity index (χ2v) is 2.31. The summed E-state index contributed by atoms with van der Waals surface area (Å²) in [7, 11) is 0. The van der Waals surface area contributed by atoms with Crippen LogP contribution in [0.2, 0.25) is 0 Å². The third-order valence-electron chi connectivity index (χ3n) is 1.52. The highest BCUT2D eigenvalue weighted by Gasteiger charge is 2.03. The summed E-state index contributed by atoms with van der Waals surface area (Å²) in [5.74, 6) is 0. The molecule has 0 saturated carbocycles. The van der Waals surface area contributed by atoms with Gasteiger partial charge < -0.3 is 5.43 Å². The van der Waals surface area contributed by atoms with Gasteiger partial charge in [0.2, 0.25) is 0 Å². The molecule has 0 spiro atoms. The predicted molar refractivity (Wildman–Crippen MR) is 43.7 cm³/mol. The van der Waals surface area contributed by atoms with E-state index >= 15 is 0 Å². The van der Waals surface area contributed by atoms with Crippen molar-refractivity contribution in [2.75, 3.05) is 5.43 Å². The molecule has 5 nitrogen and oxygen atoms in total. The van der Waals surface area contributed by atoms with E-state index in [1.165, 1.54) is 6.20 Å². The standard InChI is InChI=1S/C7H7N5/c8-5-1-3-9-11-6-2-4-10-12-7(5)6/h1-4,8,10,12H. The number of hydrazine groups is 1. The summed E-state index contributed by atoms with van der Waals surface area (Å²) in [6.07, 6.45) is 4.96. The third kappa shape index (κ3) is 1.01. The first-order valence-electron chi connectivity index (χ1n) is 3.46. The van der Waals surface area contributed by atoms with Crippen LogP contribution in [0.3, 0.4) is 0 Å². The molecule has 2 rings (SSSR count). The molecule has 3 N–H and O–H groups in total. The van der Waals surface area contributed by atoms with Gasteiger partial charge in [-0.05, 0) is 12.1 Å². The van der Waals surface area contributed by atoms with E-state index in [1.54, 1.807) is 18.3 Å². The Kier molecular flexibility index (Phi) is 1.48. The lowest BCUT2D eigenvalue weighted by Gasteiger charge is -2.09. The summed E-state index contributed by atoms with van der Waals surface area (Å²) < 4.78 is 0. The second-order valence-electron chi connectivity index (χ2n) is 2.31. The number of nitrogens with one attached hydrogen (secondary N) is 3. The SMILES string of the molecule is N=c1ccnnc2c1NNC=C2. The Balaban J connectivity index is 2.75. The van der Waals surface area contributed by atoms with Gasteiger partial charge in [0.25, 0.3) is 0 Å². The van der Waals surface area contributed by atoms with Crippen molar-refractivity contribution < 1.29 is 0 Å². The van der Waals surface area contributed by atoms with Crippen LogP contribution in [0.4, 0.5) is 5.69 Å². The molecule has 0 amide bonds. The van der Waals surface area contributed by atoms with Crippen molar-refractivity contribution in [2.45, 2.75) is 0 Å². The van der Waals surface area contributed by atoms with Gasteiger partial charge in [0.1, 0.15) is 11.4 Å². The zero-order valence-electron chi connectivity index (χ0n) is 6.20. The van der Waals surface area contributed by atoms with Crippen LogP contribution >= 0.6 is 0 Å². The van der Waals surface area contributed by atoms with E-state index in [2.05, 4.69) is 21.0 Å². The first-order chi connectivity index (χ1) is 5.88. The number of aromatic nitrogens is 2. The van der Waals surface area contributed by atoms with Crippen LogP contribution in [0.5, 0.6) is 0 Å². The van der Waals surface area contributed by atoms with Crippen molar-refractivity contribution in [3.8, 4) is 0 Å². The van der Waals surface area contributed by atoms with Crippen LogP contribution in [0, 0.1) is 5.41 Å². The Bertz CT molecular complexity index is 384. The number of nitrogens with zero attached hydrogens (tertiary/aromatic N) is 2. The smallest absolute Gasteiger partial charge is 0.114 e. The maximum Gasteiger partial charge on any atom is 0.114 e. The zero-order chi connectivity index (χ0) is 8.39. The Labute approximate surface area is 68.6 Å². The van der Waals surface area contributed by atoms with E-state index in [4.69, 9.17) is 5.41 Å². The van der Waals surface area contributed by atoms with E-state index in [9.17, 15) is 0 Å². The minimum Gasteiger partial charge on any atom is -0.308 e. The topological polar surface area (TPSA) is 73.7 Å². The maximum atomic E-state index is 7.55. The predicted octanol–water partition coefficient (Wildman–Crippen LogP) is -0.143. The van der Waals surface area contributed by atoms with Gasteiger partial charge in [-0.15, -0.1) is 5.10 Å². The fraction of sp³-hybridized carbons (Fsp3) is 0. The summed E-state index contributed by atoms with van der Waals surface area (Å²) in [5, 5.41) is 15.5. The van der Waals surface area contributed by atoms with Crippen LogP contribution in [0.1, 0.15) is 5.69 Å². The molecule has 1 aliphatic rings. The van der Waals surface area contributed by atoms with Gasteiger partial charge in [0, 0.05) is 6.20 Å². The fourth-order valence-corrected chi connectivity index (χ4v) is 0.957. The van der Waals surface area contributed by atoms with E-state index in [-0.39, 0.29) is 0 Å². The van der Waals surface area contributed by atoms with E-state index in [0.29, 0.717) is 16.7 Å². The minimum atomic E-state index is 0.367. The van der Waals surface area contributed by atoms with E-state index in [0.717, 1.165) is 0 Å². The quantitative estimate of drug-likeness (QED) is 0.495. The Morgan fingerprint density at radius 2 is 2.33 bits per heavy atom. The van der Waals surface area contributed by atoms with Gasteiger partial charge in [0.15, 0.2) is 0 Å². The van der Waals surface area contributed by atoms with Crippen LogP contribution in [-0.4, -0.2) is 10.2 Å². The highest BCUT2D eigenvalue weighted by molar-refractivity contribution is 5.63. The van der Waals surface area contributed by atoms with Gasteiger partial charge in [-0.1, -0.05) is 0 Å². The van der Waals surface area contributed by atoms with Crippen molar-refractivity contribution in [1.29, 1.82) is 5.41 Å². The summed E-state index contributed by atoms with van der Waals surface area (Å²) in [6.45, 7) is 0. The summed E-state index contributed by atoms with van der Waals surface area (Å²) in [6, 6.07) is 1.58. The molecular weight excluding hydrogens is 154 g/mol. The van der Waals surface area contributed by atoms with Gasteiger partial charge in [-0.25, -0.2) is 0 Å². The molecule has 0 unspecified atom stereocenters. The largest absolute Gasteiger partial charge is 0.308 e. The highest BCUT2D eigenvalue weighted by atomic mass is 15.4. The van der Waals surface area contributed by atoms with Crippen molar-refractivity contribution in [2.24, 2.45) is 0 Å². The number of hydrogen-bond donors (Lipinski definition) is 3. The monoisotopic (exact) mass is 161 g/mol. The average molecular weight is 161 g/mol. The molecule has 0 aromatic carbocycles. The summed E-state index contributed by atoms with van der Waals surface area (Å²) in [5.41, 5.74) is 6.92. The number of anilines is 1. The molecule has 1 aromatic rings. The number of hydrogen-bond acceptors (Lipinski definition) is 5. The van der Waals surface area contributed by atoms with Crippen molar-refractivity contribution in [1.82, 2.24) is 15.6 Å². The molecule has 0 atom stereocenters. The summed E-state index contributed by atoms with van der Waals surface area (Å²) in [4.78, 5) is 0. The van der Waals surface area contributed by atoms with Gasteiger partial charge in [-0.2, -0.15) is 5.10 Å².